The van der Waals surface area contributed by atoms with Crippen molar-refractivity contribution in [3.8, 4) is 23.0 Å². The second-order valence-corrected chi connectivity index (χ2v) is 11.8. The highest BCUT2D eigenvalue weighted by atomic mass is 19.4. The van der Waals surface area contributed by atoms with Crippen molar-refractivity contribution < 1.29 is 37.3 Å². The van der Waals surface area contributed by atoms with Gasteiger partial charge in [-0.05, 0) is 94.7 Å². The average Bonchev–Trinajstić information content (AvgIpc) is 3.01. The number of carbonyl (C=O) groups is 2. The van der Waals surface area contributed by atoms with Crippen LogP contribution in [0.15, 0.2) is 103 Å². The largest absolute Gasteiger partial charge is 0.480 e. The molecule has 0 radical (unpaired) electrons. The SMILES string of the molecule is CC(C)(C)c1ccc(Oc2ccc3cnc(C(=O)N[C@@H](Cc4ccc(Oc5ccc(C(F)(F)F)cc5)cc4)C(=O)O)cc3c2)cc1. The standard InChI is InChI=1S/C36H31F3N2O5/c1-35(2,3)25-7-14-29(15-8-25)46-30-13-6-23-21-40-31(20-24(23)19-30)33(42)41-32(34(43)44)18-22-4-11-27(12-5-22)45-28-16-9-26(10-17-28)36(37,38)39/h4-17,19-21,32H,18H2,1-3H3,(H,41,42)(H,43,44)/t32-/m0/s1. The molecule has 5 rings (SSSR count). The number of hydrogen-bond donors (Lipinski definition) is 2. The van der Waals surface area contributed by atoms with Crippen LogP contribution >= 0.6 is 0 Å². The molecule has 1 amide bonds. The second kappa shape index (κ2) is 12.9. The maximum Gasteiger partial charge on any atom is 0.416 e. The van der Waals surface area contributed by atoms with Gasteiger partial charge in [0.05, 0.1) is 5.56 Å². The minimum absolute atomic E-state index is 0.0194. The molecule has 5 aromatic rings. The van der Waals surface area contributed by atoms with Crippen LogP contribution in [0.5, 0.6) is 23.0 Å². The third kappa shape index (κ3) is 8.01. The number of benzene rings is 4. The fraction of sp³-hybridized carbons (Fsp3) is 0.194. The molecule has 1 heterocycles. The maximum atomic E-state index is 13.1. The van der Waals surface area contributed by atoms with Crippen molar-refractivity contribution in [1.82, 2.24) is 10.3 Å². The van der Waals surface area contributed by atoms with Crippen molar-refractivity contribution in [2.24, 2.45) is 0 Å². The lowest BCUT2D eigenvalue weighted by molar-refractivity contribution is -0.139. The van der Waals surface area contributed by atoms with E-state index in [4.69, 9.17) is 9.47 Å². The summed E-state index contributed by atoms with van der Waals surface area (Å²) < 4.78 is 50.0. The minimum atomic E-state index is -4.45. The van der Waals surface area contributed by atoms with Crippen molar-refractivity contribution in [3.05, 3.63) is 126 Å². The summed E-state index contributed by atoms with van der Waals surface area (Å²) in [6, 6.07) is 24.2. The molecule has 10 heteroatoms. The Bertz CT molecular complexity index is 1850. The highest BCUT2D eigenvalue weighted by molar-refractivity contribution is 5.98. The van der Waals surface area contributed by atoms with E-state index in [1.54, 1.807) is 36.4 Å². The van der Waals surface area contributed by atoms with Crippen molar-refractivity contribution in [1.29, 1.82) is 0 Å². The van der Waals surface area contributed by atoms with Gasteiger partial charge in [-0.3, -0.25) is 9.78 Å². The Morgan fingerprint density at radius 3 is 1.80 bits per heavy atom. The van der Waals surface area contributed by atoms with Gasteiger partial charge in [-0.15, -0.1) is 0 Å². The molecule has 236 valence electrons. The molecule has 0 bridgehead atoms. The molecule has 0 aliphatic rings. The molecular weight excluding hydrogens is 597 g/mol. The van der Waals surface area contributed by atoms with Crippen LogP contribution in [-0.2, 0) is 22.8 Å². The van der Waals surface area contributed by atoms with Crippen LogP contribution in [0, 0.1) is 0 Å². The third-order valence-electron chi connectivity index (χ3n) is 7.27. The molecule has 0 spiro atoms. The lowest BCUT2D eigenvalue weighted by Gasteiger charge is -2.19. The van der Waals surface area contributed by atoms with Crippen molar-refractivity contribution in [2.75, 3.05) is 0 Å². The number of aliphatic carboxylic acids is 1. The molecule has 0 aliphatic heterocycles. The number of nitrogens with zero attached hydrogens (tertiary/aromatic N) is 1. The van der Waals surface area contributed by atoms with E-state index in [-0.39, 0.29) is 23.3 Å². The molecular formula is C36H31F3N2O5. The summed E-state index contributed by atoms with van der Waals surface area (Å²) in [6.07, 6.45) is -2.93. The van der Waals surface area contributed by atoms with Crippen molar-refractivity contribution in [2.45, 2.75) is 44.8 Å². The van der Waals surface area contributed by atoms with Gasteiger partial charge in [-0.2, -0.15) is 13.2 Å². The van der Waals surface area contributed by atoms with E-state index >= 15 is 0 Å². The lowest BCUT2D eigenvalue weighted by Crippen LogP contribution is -2.42. The Labute approximate surface area is 263 Å². The van der Waals surface area contributed by atoms with Gasteiger partial charge in [0.2, 0.25) is 0 Å². The highest BCUT2D eigenvalue weighted by Crippen LogP contribution is 2.32. The zero-order valence-corrected chi connectivity index (χ0v) is 25.3. The van der Waals surface area contributed by atoms with Crippen molar-refractivity contribution >= 4 is 22.6 Å². The van der Waals surface area contributed by atoms with E-state index in [9.17, 15) is 27.9 Å². The Morgan fingerprint density at radius 1 is 0.739 bits per heavy atom. The summed E-state index contributed by atoms with van der Waals surface area (Å²) in [6.45, 7) is 6.41. The van der Waals surface area contributed by atoms with Gasteiger partial charge in [-0.1, -0.05) is 45.0 Å². The number of alkyl halides is 3. The smallest absolute Gasteiger partial charge is 0.416 e. The van der Waals surface area contributed by atoms with E-state index in [1.807, 2.05) is 36.4 Å². The molecule has 0 saturated carbocycles. The first-order chi connectivity index (χ1) is 21.7. The van der Waals surface area contributed by atoms with Gasteiger partial charge in [0.15, 0.2) is 0 Å². The predicted molar refractivity (Wildman–Crippen MR) is 168 cm³/mol. The zero-order chi connectivity index (χ0) is 33.1. The average molecular weight is 629 g/mol. The topological polar surface area (TPSA) is 97.8 Å². The molecule has 0 saturated heterocycles. The van der Waals surface area contributed by atoms with Crippen LogP contribution in [0.4, 0.5) is 13.2 Å². The quantitative estimate of drug-likeness (QED) is 0.170. The number of fused-ring (bicyclic) bond motifs is 1. The number of carboxylic acids is 1. The zero-order valence-electron chi connectivity index (χ0n) is 25.3. The molecule has 0 unspecified atom stereocenters. The van der Waals surface area contributed by atoms with E-state index in [2.05, 4.69) is 31.1 Å². The minimum Gasteiger partial charge on any atom is -0.480 e. The van der Waals surface area contributed by atoms with Crippen molar-refractivity contribution in [3.63, 3.8) is 0 Å². The molecule has 0 aliphatic carbocycles. The number of aromatic nitrogens is 1. The summed E-state index contributed by atoms with van der Waals surface area (Å²) in [5.41, 5.74) is 1.06. The number of nitrogens with one attached hydrogen (secondary N) is 1. The number of hydrogen-bond acceptors (Lipinski definition) is 5. The number of halogens is 3. The second-order valence-electron chi connectivity index (χ2n) is 11.8. The molecule has 0 fully saturated rings. The van der Waals surface area contributed by atoms with Gasteiger partial charge in [-0.25, -0.2) is 4.79 Å². The number of rotatable bonds is 9. The number of ether oxygens (including phenoxy) is 2. The Hall–Kier alpha value is -5.38. The molecule has 1 atom stereocenters. The summed E-state index contributed by atoms with van der Waals surface area (Å²) >= 11 is 0. The number of amides is 1. The lowest BCUT2D eigenvalue weighted by atomic mass is 9.87. The van der Waals surface area contributed by atoms with Gasteiger partial charge >= 0.3 is 12.1 Å². The summed E-state index contributed by atoms with van der Waals surface area (Å²) in [5, 5.41) is 13.8. The summed E-state index contributed by atoms with van der Waals surface area (Å²) in [5.74, 6) is -0.0728. The summed E-state index contributed by atoms with van der Waals surface area (Å²) in [7, 11) is 0. The summed E-state index contributed by atoms with van der Waals surface area (Å²) in [4.78, 5) is 29.3. The normalized spacial score (nSPS) is 12.4. The number of carboxylic acid groups (broad SMARTS) is 1. The van der Waals surface area contributed by atoms with Gasteiger partial charge in [0.25, 0.3) is 5.91 Å². The van der Waals surface area contributed by atoms with Crippen LogP contribution in [-0.4, -0.2) is 28.0 Å². The first-order valence-corrected chi connectivity index (χ1v) is 14.4. The first-order valence-electron chi connectivity index (χ1n) is 14.4. The molecule has 1 aromatic heterocycles. The maximum absolute atomic E-state index is 13.1. The molecule has 7 nitrogen and oxygen atoms in total. The van der Waals surface area contributed by atoms with Crippen LogP contribution < -0.4 is 14.8 Å². The number of pyridine rings is 1. The van der Waals surface area contributed by atoms with Crippen LogP contribution in [0.1, 0.15) is 48.0 Å². The first kappa shape index (κ1) is 32.0. The van der Waals surface area contributed by atoms with Gasteiger partial charge < -0.3 is 19.9 Å². The Balaban J connectivity index is 1.23. The fourth-order valence-electron chi connectivity index (χ4n) is 4.68. The molecule has 2 N–H and O–H groups in total. The van der Waals surface area contributed by atoms with E-state index in [0.717, 1.165) is 17.5 Å². The molecule has 46 heavy (non-hydrogen) atoms. The Kier molecular flexibility index (Phi) is 9.00. The number of carbonyl (C=O) groups excluding carboxylic acids is 1. The predicted octanol–water partition coefficient (Wildman–Crippen LogP) is 8.56. The van der Waals surface area contributed by atoms with Gasteiger partial charge in [0, 0.05) is 18.0 Å². The van der Waals surface area contributed by atoms with Crippen LogP contribution in [0.3, 0.4) is 0 Å². The molecule has 4 aromatic carbocycles. The van der Waals surface area contributed by atoms with E-state index in [0.29, 0.717) is 28.2 Å². The highest BCUT2D eigenvalue weighted by Gasteiger charge is 2.30. The van der Waals surface area contributed by atoms with Gasteiger partial charge in [0.1, 0.15) is 34.7 Å². The monoisotopic (exact) mass is 628 g/mol. The van der Waals surface area contributed by atoms with Crippen LogP contribution in [0.25, 0.3) is 10.8 Å². The third-order valence-corrected chi connectivity index (χ3v) is 7.27. The Morgan fingerprint density at radius 2 is 1.26 bits per heavy atom. The van der Waals surface area contributed by atoms with E-state index < -0.39 is 29.7 Å². The van der Waals surface area contributed by atoms with Crippen LogP contribution in [0.2, 0.25) is 0 Å². The van der Waals surface area contributed by atoms with E-state index in [1.165, 1.54) is 23.9 Å². The fourth-order valence-corrected chi connectivity index (χ4v) is 4.68.